The zero-order valence-corrected chi connectivity index (χ0v) is 27.3. The number of likely N-dealkylation sites (tertiary alicyclic amines) is 1. The largest absolute Gasteiger partial charge is 0.491 e. The Labute approximate surface area is 276 Å². The Kier molecular flexibility index (Phi) is 7.77. The number of aliphatic hydroxyl groups is 1. The molecular weight excluding hydrogens is 590 g/mol. The van der Waals surface area contributed by atoms with E-state index < -0.39 is 5.60 Å². The van der Waals surface area contributed by atoms with Crippen molar-refractivity contribution in [3.8, 4) is 28.8 Å². The highest BCUT2D eigenvalue weighted by molar-refractivity contribution is 5.85. The van der Waals surface area contributed by atoms with Crippen molar-refractivity contribution >= 4 is 11.3 Å². The molecule has 0 aromatic carbocycles. The van der Waals surface area contributed by atoms with Gasteiger partial charge in [-0.15, -0.1) is 0 Å². The third-order valence-electron chi connectivity index (χ3n) is 11.3. The van der Waals surface area contributed by atoms with Gasteiger partial charge in [-0.3, -0.25) is 4.90 Å². The summed E-state index contributed by atoms with van der Waals surface area (Å²) in [7, 11) is 1.65. The number of nitrogens with zero attached hydrogens (tertiary/aromatic N) is 7. The first-order valence-corrected chi connectivity index (χ1v) is 17.0. The van der Waals surface area contributed by atoms with E-state index >= 15 is 0 Å². The maximum Gasteiger partial charge on any atom is 0.212 e. The lowest BCUT2D eigenvalue weighted by Gasteiger charge is -2.39. The summed E-state index contributed by atoms with van der Waals surface area (Å²) in [5.41, 5.74) is 3.90. The first-order chi connectivity index (χ1) is 22.9. The zero-order valence-electron chi connectivity index (χ0n) is 27.3. The van der Waals surface area contributed by atoms with Crippen LogP contribution in [0.5, 0.6) is 11.6 Å². The number of piperidine rings is 1. The van der Waals surface area contributed by atoms with Crippen LogP contribution in [0.1, 0.15) is 43.7 Å². The normalized spacial score (nSPS) is 28.5. The van der Waals surface area contributed by atoms with Crippen molar-refractivity contribution in [1.82, 2.24) is 24.5 Å². The van der Waals surface area contributed by atoms with Gasteiger partial charge in [0.1, 0.15) is 24.2 Å². The maximum atomic E-state index is 10.4. The van der Waals surface area contributed by atoms with Crippen LogP contribution in [0.4, 0.5) is 5.82 Å². The van der Waals surface area contributed by atoms with Gasteiger partial charge in [0.15, 0.2) is 0 Å². The molecular formula is C37H43N7O3. The summed E-state index contributed by atoms with van der Waals surface area (Å²) >= 11 is 0. The molecule has 0 amide bonds. The van der Waals surface area contributed by atoms with Crippen molar-refractivity contribution in [2.24, 2.45) is 29.6 Å². The van der Waals surface area contributed by atoms with E-state index in [0.29, 0.717) is 47.6 Å². The van der Waals surface area contributed by atoms with Gasteiger partial charge in [0.05, 0.1) is 36.2 Å². The van der Waals surface area contributed by atoms with Gasteiger partial charge in [0.25, 0.3) is 0 Å². The minimum absolute atomic E-state index is 0.504. The molecule has 2 saturated carbocycles. The molecule has 10 nitrogen and oxygen atoms in total. The summed E-state index contributed by atoms with van der Waals surface area (Å²) in [6.45, 7) is 7.47. The second kappa shape index (κ2) is 12.1. The van der Waals surface area contributed by atoms with Crippen LogP contribution in [-0.2, 0) is 6.42 Å². The molecule has 2 saturated heterocycles. The lowest BCUT2D eigenvalue weighted by atomic mass is 9.81. The van der Waals surface area contributed by atoms with Gasteiger partial charge in [-0.2, -0.15) is 10.4 Å². The van der Waals surface area contributed by atoms with Crippen molar-refractivity contribution in [2.45, 2.75) is 44.6 Å². The van der Waals surface area contributed by atoms with Crippen LogP contribution in [-0.4, -0.2) is 81.6 Å². The van der Waals surface area contributed by atoms with E-state index in [1.54, 1.807) is 17.8 Å². The lowest BCUT2D eigenvalue weighted by Crippen LogP contribution is -2.43. The molecule has 47 heavy (non-hydrogen) atoms. The van der Waals surface area contributed by atoms with E-state index in [1.807, 2.05) is 37.6 Å². The molecule has 4 fully saturated rings. The second-order valence-corrected chi connectivity index (χ2v) is 14.6. The lowest BCUT2D eigenvalue weighted by molar-refractivity contribution is 0.0537. The topological polar surface area (TPSA) is 112 Å². The molecule has 0 radical (unpaired) electrons. The average molecular weight is 634 g/mol. The molecule has 8 rings (SSSR count). The molecule has 4 aromatic heterocycles. The number of anilines is 1. The smallest absolute Gasteiger partial charge is 0.212 e. The van der Waals surface area contributed by atoms with Crippen LogP contribution in [0.25, 0.3) is 16.6 Å². The molecule has 4 aromatic rings. The number of hydrogen-bond acceptors (Lipinski definition) is 9. The highest BCUT2D eigenvalue weighted by atomic mass is 16.5. The molecule has 2 aliphatic carbocycles. The number of rotatable bonds is 9. The van der Waals surface area contributed by atoms with Gasteiger partial charge in [-0.1, -0.05) is 6.07 Å². The number of pyridine rings is 3. The van der Waals surface area contributed by atoms with Crippen LogP contribution < -0.4 is 14.4 Å². The number of ether oxygens (including phenoxy) is 2. The minimum Gasteiger partial charge on any atom is -0.491 e. The fraction of sp³-hybridized carbons (Fsp3) is 0.514. The summed E-state index contributed by atoms with van der Waals surface area (Å²) in [4.78, 5) is 14.3. The second-order valence-electron chi connectivity index (χ2n) is 14.6. The Morgan fingerprint density at radius 3 is 2.43 bits per heavy atom. The molecule has 1 N–H and O–H groups in total. The van der Waals surface area contributed by atoms with Crippen LogP contribution in [0.3, 0.4) is 0 Å². The number of fused-ring (bicyclic) bond motifs is 4. The third-order valence-corrected chi connectivity index (χ3v) is 11.3. The molecule has 2 bridgehead atoms. The Morgan fingerprint density at radius 1 is 0.979 bits per heavy atom. The average Bonchev–Trinajstić information content (AvgIpc) is 3.79. The predicted molar refractivity (Wildman–Crippen MR) is 178 cm³/mol. The van der Waals surface area contributed by atoms with Crippen molar-refractivity contribution < 1.29 is 14.6 Å². The molecule has 10 heteroatoms. The fourth-order valence-electron chi connectivity index (χ4n) is 9.18. The molecule has 2 aliphatic heterocycles. The van der Waals surface area contributed by atoms with Gasteiger partial charge < -0.3 is 19.5 Å². The van der Waals surface area contributed by atoms with E-state index in [2.05, 4.69) is 44.2 Å². The Bertz CT molecular complexity index is 1750. The molecule has 6 heterocycles. The van der Waals surface area contributed by atoms with E-state index in [1.165, 1.54) is 18.4 Å². The number of methoxy groups -OCH3 is 1. The summed E-state index contributed by atoms with van der Waals surface area (Å²) in [6, 6.07) is 12.7. The number of nitriles is 1. The first-order valence-electron chi connectivity index (χ1n) is 17.0. The summed E-state index contributed by atoms with van der Waals surface area (Å²) < 4.78 is 13.3. The van der Waals surface area contributed by atoms with E-state index in [9.17, 15) is 10.4 Å². The molecule has 4 aliphatic rings. The minimum atomic E-state index is -0.504. The maximum absolute atomic E-state index is 10.4. The quantitative estimate of drug-likeness (QED) is 0.277. The molecule has 244 valence electrons. The zero-order chi connectivity index (χ0) is 32.1. The highest BCUT2D eigenvalue weighted by Gasteiger charge is 2.45. The number of aromatic nitrogens is 4. The van der Waals surface area contributed by atoms with Crippen molar-refractivity contribution in [1.29, 1.82) is 5.26 Å². The fourth-order valence-corrected chi connectivity index (χ4v) is 9.18. The van der Waals surface area contributed by atoms with Gasteiger partial charge in [-0.05, 0) is 92.4 Å². The van der Waals surface area contributed by atoms with Gasteiger partial charge in [0, 0.05) is 62.3 Å². The summed E-state index contributed by atoms with van der Waals surface area (Å²) in [6.07, 6.45) is 12.7. The monoisotopic (exact) mass is 633 g/mol. The highest BCUT2D eigenvalue weighted by Crippen LogP contribution is 2.45. The third kappa shape index (κ3) is 5.92. The molecule has 4 unspecified atom stereocenters. The SMILES string of the molecule is COc1ccc(CC2C3CCC2CN(c2ccc(-c4cc(OCCN5CC6CC(C)(O)CC6C5)cn5ncc(C#N)c45)cn2)C3)cn1. The van der Waals surface area contributed by atoms with Crippen molar-refractivity contribution in [2.75, 3.05) is 51.3 Å². The van der Waals surface area contributed by atoms with Crippen LogP contribution in [0.15, 0.2) is 55.1 Å². The van der Waals surface area contributed by atoms with Crippen LogP contribution >= 0.6 is 0 Å². The Hall–Kier alpha value is -4.20. The van der Waals surface area contributed by atoms with Gasteiger partial charge in [-0.25, -0.2) is 14.5 Å². The van der Waals surface area contributed by atoms with E-state index in [-0.39, 0.29) is 0 Å². The predicted octanol–water partition coefficient (Wildman–Crippen LogP) is 4.85. The van der Waals surface area contributed by atoms with E-state index in [4.69, 9.17) is 14.5 Å². The van der Waals surface area contributed by atoms with Crippen molar-refractivity contribution in [3.05, 3.63) is 66.2 Å². The Balaban J connectivity index is 0.948. The Morgan fingerprint density at radius 2 is 1.77 bits per heavy atom. The molecule has 4 atom stereocenters. The molecule has 0 spiro atoms. The first kappa shape index (κ1) is 30.2. The van der Waals surface area contributed by atoms with Crippen LogP contribution in [0, 0.1) is 40.9 Å². The number of hydrogen-bond donors (Lipinski definition) is 1. The summed E-state index contributed by atoms with van der Waals surface area (Å²) in [5, 5.41) is 24.8. The standard InChI is InChI=1S/C37H43N7O3/c1-37(45)13-28-19-42(20-29(28)14-37)9-10-47-31-12-33(36-30(15-38)18-41-44(36)23-31)25-6-7-34(39-17-25)43-21-26-4-5-27(22-43)32(26)11-24-3-8-35(46-2)40-16-24/h3,6-8,12,16-18,23,26-29,32,45H,4-5,9-11,13-14,19-22H2,1-2H3. The van der Waals surface area contributed by atoms with Gasteiger partial charge in [0.2, 0.25) is 5.88 Å². The van der Waals surface area contributed by atoms with E-state index in [0.717, 1.165) is 80.2 Å². The van der Waals surface area contributed by atoms with Crippen LogP contribution in [0.2, 0.25) is 0 Å². The van der Waals surface area contributed by atoms with Gasteiger partial charge >= 0.3 is 0 Å². The summed E-state index contributed by atoms with van der Waals surface area (Å²) in [5.74, 6) is 5.50. The van der Waals surface area contributed by atoms with Crippen molar-refractivity contribution in [3.63, 3.8) is 0 Å².